The Morgan fingerprint density at radius 2 is 2.24 bits per heavy atom. The molecule has 0 aliphatic carbocycles. The first-order chi connectivity index (χ1) is 8.27. The number of hydrogen-bond acceptors (Lipinski definition) is 5. The Morgan fingerprint density at radius 3 is 3.06 bits per heavy atom. The summed E-state index contributed by atoms with van der Waals surface area (Å²) in [4.78, 5) is 1.92. The van der Waals surface area contributed by atoms with E-state index in [9.17, 15) is 5.11 Å². The summed E-state index contributed by atoms with van der Waals surface area (Å²) in [6.07, 6.45) is 3.23. The van der Waals surface area contributed by atoms with E-state index in [2.05, 4.69) is 10.2 Å². The molecule has 0 spiro atoms. The molecule has 1 aromatic heterocycles. The molecule has 0 radical (unpaired) electrons. The van der Waals surface area contributed by atoms with Crippen LogP contribution < -0.4 is 0 Å². The fourth-order valence-electron chi connectivity index (χ4n) is 1.94. The van der Waals surface area contributed by atoms with Gasteiger partial charge in [0.1, 0.15) is 5.75 Å². The molecule has 17 heavy (non-hydrogen) atoms. The summed E-state index contributed by atoms with van der Waals surface area (Å²) in [5.74, 6) is 0.301. The third-order valence-electron chi connectivity index (χ3n) is 2.85. The van der Waals surface area contributed by atoms with Crippen molar-refractivity contribution in [3.8, 4) is 5.75 Å². The summed E-state index contributed by atoms with van der Waals surface area (Å²) in [6.45, 7) is 0. The molecule has 5 heteroatoms. The van der Waals surface area contributed by atoms with E-state index in [4.69, 9.17) is 0 Å². The van der Waals surface area contributed by atoms with Crippen LogP contribution in [0.4, 0.5) is 0 Å². The molecule has 0 amide bonds. The van der Waals surface area contributed by atoms with Gasteiger partial charge in [0.2, 0.25) is 0 Å². The summed E-state index contributed by atoms with van der Waals surface area (Å²) in [7, 11) is 1.91. The topological polar surface area (TPSA) is 48.2 Å². The number of aromatic hydroxyl groups is 1. The smallest absolute Gasteiger partial charge is 0.171 e. The quantitative estimate of drug-likeness (QED) is 0.836. The summed E-state index contributed by atoms with van der Waals surface area (Å²) in [5, 5.41) is 21.1. The molecule has 86 valence electrons. The van der Waals surface area contributed by atoms with Gasteiger partial charge in [-0.2, -0.15) is 10.2 Å². The number of rotatable bonds is 1. The summed E-state index contributed by atoms with van der Waals surface area (Å²) >= 11 is 1.62. The molecule has 1 aliphatic rings. The van der Waals surface area contributed by atoms with E-state index < -0.39 is 0 Å². The molecule has 0 bridgehead atoms. The first kappa shape index (κ1) is 10.3. The molecule has 3 rings (SSSR count). The minimum atomic E-state index is -0.246. The van der Waals surface area contributed by atoms with Gasteiger partial charge in [0.15, 0.2) is 6.17 Å². The Bertz CT molecular complexity index is 617. The largest absolute Gasteiger partial charge is 0.507 e. The zero-order chi connectivity index (χ0) is 11.8. The molecule has 1 N–H and O–H groups in total. The van der Waals surface area contributed by atoms with Gasteiger partial charge in [-0.25, -0.2) is 0 Å². The van der Waals surface area contributed by atoms with E-state index in [-0.39, 0.29) is 6.17 Å². The minimum Gasteiger partial charge on any atom is -0.507 e. The van der Waals surface area contributed by atoms with Crippen LogP contribution >= 0.6 is 11.3 Å². The normalized spacial score (nSPS) is 19.1. The number of phenols is 1. The van der Waals surface area contributed by atoms with Crippen LogP contribution in [-0.2, 0) is 0 Å². The Morgan fingerprint density at radius 1 is 1.35 bits per heavy atom. The SMILES string of the molecule is CN1C=CN=NC1c1ccc2sccc2c1O. The van der Waals surface area contributed by atoms with Crippen LogP contribution in [0.2, 0.25) is 0 Å². The third-order valence-corrected chi connectivity index (χ3v) is 3.73. The maximum atomic E-state index is 10.3. The lowest BCUT2D eigenvalue weighted by molar-refractivity contribution is 0.315. The van der Waals surface area contributed by atoms with Crippen molar-refractivity contribution in [3.05, 3.63) is 41.5 Å². The maximum absolute atomic E-state index is 10.3. The lowest BCUT2D eigenvalue weighted by atomic mass is 10.1. The Balaban J connectivity index is 2.14. The van der Waals surface area contributed by atoms with E-state index in [1.165, 1.54) is 0 Å². The lowest BCUT2D eigenvalue weighted by Gasteiger charge is -2.24. The minimum absolute atomic E-state index is 0.246. The zero-order valence-electron chi connectivity index (χ0n) is 9.24. The Labute approximate surface area is 103 Å². The van der Waals surface area contributed by atoms with Gasteiger partial charge in [0, 0.05) is 28.9 Å². The standard InChI is InChI=1S/C12H11N3OS/c1-15-6-5-13-14-12(15)9-2-3-10-8(11(9)16)4-7-17-10/h2-7,12,16H,1H3. The molecular formula is C12H11N3OS. The van der Waals surface area contributed by atoms with Gasteiger partial charge in [0.25, 0.3) is 0 Å². The van der Waals surface area contributed by atoms with Crippen molar-refractivity contribution in [3.63, 3.8) is 0 Å². The monoisotopic (exact) mass is 245 g/mol. The molecular weight excluding hydrogens is 234 g/mol. The maximum Gasteiger partial charge on any atom is 0.171 e. The van der Waals surface area contributed by atoms with E-state index in [1.807, 2.05) is 41.7 Å². The summed E-state index contributed by atoms with van der Waals surface area (Å²) < 4.78 is 1.08. The highest BCUT2D eigenvalue weighted by Gasteiger charge is 2.20. The molecule has 2 heterocycles. The fourth-order valence-corrected chi connectivity index (χ4v) is 2.72. The van der Waals surface area contributed by atoms with Crippen LogP contribution in [0.1, 0.15) is 11.7 Å². The van der Waals surface area contributed by atoms with Crippen molar-refractivity contribution >= 4 is 21.4 Å². The van der Waals surface area contributed by atoms with Crippen molar-refractivity contribution < 1.29 is 5.11 Å². The predicted octanol–water partition coefficient (Wildman–Crippen LogP) is 3.47. The van der Waals surface area contributed by atoms with Crippen molar-refractivity contribution in [1.29, 1.82) is 0 Å². The molecule has 0 fully saturated rings. The van der Waals surface area contributed by atoms with Gasteiger partial charge in [-0.15, -0.1) is 11.3 Å². The number of hydrogen-bond donors (Lipinski definition) is 1. The number of nitrogens with zero attached hydrogens (tertiary/aromatic N) is 3. The van der Waals surface area contributed by atoms with Gasteiger partial charge >= 0.3 is 0 Å². The highest BCUT2D eigenvalue weighted by molar-refractivity contribution is 7.17. The number of azo groups is 1. The number of benzene rings is 1. The highest BCUT2D eigenvalue weighted by Crippen LogP contribution is 2.38. The van der Waals surface area contributed by atoms with E-state index in [0.717, 1.165) is 15.6 Å². The highest BCUT2D eigenvalue weighted by atomic mass is 32.1. The van der Waals surface area contributed by atoms with Crippen LogP contribution in [0.15, 0.2) is 46.2 Å². The Hall–Kier alpha value is -1.88. The van der Waals surface area contributed by atoms with E-state index in [0.29, 0.717) is 5.75 Å². The average molecular weight is 245 g/mol. The number of thiophene rings is 1. The third kappa shape index (κ3) is 1.59. The van der Waals surface area contributed by atoms with Gasteiger partial charge < -0.3 is 10.0 Å². The van der Waals surface area contributed by atoms with E-state index >= 15 is 0 Å². The van der Waals surface area contributed by atoms with Gasteiger partial charge in [-0.1, -0.05) is 0 Å². The Kier molecular flexibility index (Phi) is 2.33. The average Bonchev–Trinajstić information content (AvgIpc) is 2.80. The van der Waals surface area contributed by atoms with Gasteiger partial charge in [0.05, 0.1) is 6.20 Å². The van der Waals surface area contributed by atoms with Crippen molar-refractivity contribution in [1.82, 2.24) is 4.90 Å². The molecule has 1 unspecified atom stereocenters. The van der Waals surface area contributed by atoms with Crippen molar-refractivity contribution in [2.24, 2.45) is 10.2 Å². The first-order valence-corrected chi connectivity index (χ1v) is 6.13. The summed E-state index contributed by atoms with van der Waals surface area (Å²) in [5.41, 5.74) is 0.784. The second-order valence-corrected chi connectivity index (χ2v) is 4.85. The molecule has 2 aromatic rings. The predicted molar refractivity (Wildman–Crippen MR) is 68.0 cm³/mol. The van der Waals surface area contributed by atoms with Crippen LogP contribution in [0.5, 0.6) is 5.75 Å². The second-order valence-electron chi connectivity index (χ2n) is 3.90. The molecule has 1 aliphatic heterocycles. The van der Waals surface area contributed by atoms with Gasteiger partial charge in [-0.05, 0) is 23.6 Å². The van der Waals surface area contributed by atoms with Crippen molar-refractivity contribution in [2.75, 3.05) is 7.05 Å². The summed E-state index contributed by atoms with van der Waals surface area (Å²) in [6, 6.07) is 5.85. The number of fused-ring (bicyclic) bond motifs is 1. The molecule has 0 saturated carbocycles. The van der Waals surface area contributed by atoms with Crippen LogP contribution in [-0.4, -0.2) is 17.1 Å². The molecule has 1 atom stereocenters. The lowest BCUT2D eigenvalue weighted by Crippen LogP contribution is -2.18. The second kappa shape index (κ2) is 3.85. The van der Waals surface area contributed by atoms with Crippen LogP contribution in [0.3, 0.4) is 0 Å². The molecule has 4 nitrogen and oxygen atoms in total. The van der Waals surface area contributed by atoms with Crippen LogP contribution in [0, 0.1) is 0 Å². The first-order valence-electron chi connectivity index (χ1n) is 5.25. The fraction of sp³-hybridized carbons (Fsp3) is 0.167. The van der Waals surface area contributed by atoms with Crippen molar-refractivity contribution in [2.45, 2.75) is 6.17 Å². The molecule has 0 saturated heterocycles. The molecule has 1 aromatic carbocycles. The van der Waals surface area contributed by atoms with E-state index in [1.54, 1.807) is 17.5 Å². The number of phenolic OH excluding ortho intramolecular Hbond substituents is 1. The van der Waals surface area contributed by atoms with Crippen LogP contribution in [0.25, 0.3) is 10.1 Å². The zero-order valence-corrected chi connectivity index (χ0v) is 10.1. The van der Waals surface area contributed by atoms with Gasteiger partial charge in [-0.3, -0.25) is 0 Å².